The van der Waals surface area contributed by atoms with Crippen LogP contribution in [0.15, 0.2) is 24.3 Å². The molecule has 3 atom stereocenters. The number of nitrogens with zero attached hydrogens (tertiary/aromatic N) is 2. The quantitative estimate of drug-likeness (QED) is 0.467. The Morgan fingerprint density at radius 3 is 2.11 bits per heavy atom. The number of ether oxygens (including phenoxy) is 1. The standard InChI is InChI=1S/C26H39N3O7/c1-16(23(33)34)12-21(31)18(27-24(35)36-25(3,4)5)13-26(6,7)14-22(32)29-15-28(17(2)30)19-10-8-9-11-20(19)29/h8-11,16,18,21,31H,12-15H2,1-7H3,(H,27,35)(H,33,34)/t16-,18+,21+/m1/s1. The number of anilines is 2. The second-order valence-corrected chi connectivity index (χ2v) is 11.2. The van der Waals surface area contributed by atoms with Crippen LogP contribution in [0, 0.1) is 11.3 Å². The van der Waals surface area contributed by atoms with Crippen LogP contribution < -0.4 is 15.1 Å². The van der Waals surface area contributed by atoms with Crippen molar-refractivity contribution in [3.05, 3.63) is 24.3 Å². The molecule has 0 aromatic heterocycles. The van der Waals surface area contributed by atoms with Gasteiger partial charge in [0.25, 0.3) is 0 Å². The van der Waals surface area contributed by atoms with E-state index < -0.39 is 41.1 Å². The van der Waals surface area contributed by atoms with Crippen LogP contribution in [-0.2, 0) is 19.1 Å². The molecule has 10 nitrogen and oxygen atoms in total. The maximum atomic E-state index is 13.4. The Hall–Kier alpha value is -3.14. The summed E-state index contributed by atoms with van der Waals surface area (Å²) in [4.78, 5) is 52.3. The molecule has 0 saturated carbocycles. The molecule has 1 aliphatic rings. The molecule has 36 heavy (non-hydrogen) atoms. The van der Waals surface area contributed by atoms with E-state index in [9.17, 15) is 29.4 Å². The molecule has 0 saturated heterocycles. The number of amides is 3. The first-order valence-corrected chi connectivity index (χ1v) is 12.1. The van der Waals surface area contributed by atoms with Gasteiger partial charge in [0.2, 0.25) is 11.8 Å². The third kappa shape index (κ3) is 7.94. The summed E-state index contributed by atoms with van der Waals surface area (Å²) in [5, 5.41) is 22.8. The Labute approximate surface area is 212 Å². The van der Waals surface area contributed by atoms with Gasteiger partial charge in [0.05, 0.1) is 29.4 Å². The fourth-order valence-corrected chi connectivity index (χ4v) is 4.24. The predicted octanol–water partition coefficient (Wildman–Crippen LogP) is 3.52. The van der Waals surface area contributed by atoms with Crippen molar-refractivity contribution in [3.63, 3.8) is 0 Å². The van der Waals surface area contributed by atoms with Crippen LogP contribution in [0.4, 0.5) is 16.2 Å². The topological polar surface area (TPSA) is 136 Å². The van der Waals surface area contributed by atoms with E-state index in [4.69, 9.17) is 4.74 Å². The monoisotopic (exact) mass is 505 g/mol. The number of nitrogens with one attached hydrogen (secondary N) is 1. The van der Waals surface area contributed by atoms with Gasteiger partial charge in [-0.15, -0.1) is 0 Å². The summed E-state index contributed by atoms with van der Waals surface area (Å²) in [6.45, 7) is 11.9. The summed E-state index contributed by atoms with van der Waals surface area (Å²) in [7, 11) is 0. The highest BCUT2D eigenvalue weighted by Gasteiger charge is 2.37. The maximum Gasteiger partial charge on any atom is 0.407 e. The predicted molar refractivity (Wildman–Crippen MR) is 136 cm³/mol. The number of aliphatic carboxylic acids is 1. The van der Waals surface area contributed by atoms with Crippen LogP contribution in [0.5, 0.6) is 0 Å². The van der Waals surface area contributed by atoms with Gasteiger partial charge >= 0.3 is 12.1 Å². The molecular weight excluding hydrogens is 466 g/mol. The van der Waals surface area contributed by atoms with E-state index >= 15 is 0 Å². The molecule has 1 aromatic carbocycles. The first kappa shape index (κ1) is 29.1. The minimum Gasteiger partial charge on any atom is -0.481 e. The number of aliphatic hydroxyl groups excluding tert-OH is 1. The lowest BCUT2D eigenvalue weighted by molar-refractivity contribution is -0.142. The van der Waals surface area contributed by atoms with Crippen LogP contribution in [0.3, 0.4) is 0 Å². The fraction of sp³-hybridized carbons (Fsp3) is 0.615. The number of carbonyl (C=O) groups excluding carboxylic acids is 3. The van der Waals surface area contributed by atoms with Crippen LogP contribution >= 0.6 is 0 Å². The number of para-hydroxylation sites is 2. The first-order valence-electron chi connectivity index (χ1n) is 12.1. The molecule has 200 valence electrons. The van der Waals surface area contributed by atoms with E-state index in [0.717, 1.165) is 0 Å². The van der Waals surface area contributed by atoms with E-state index in [-0.39, 0.29) is 37.7 Å². The normalized spacial score (nSPS) is 16.1. The van der Waals surface area contributed by atoms with E-state index in [2.05, 4.69) is 5.32 Å². The molecule has 0 unspecified atom stereocenters. The summed E-state index contributed by atoms with van der Waals surface area (Å²) in [5.74, 6) is -2.26. The van der Waals surface area contributed by atoms with Gasteiger partial charge in [-0.1, -0.05) is 32.9 Å². The maximum absolute atomic E-state index is 13.4. The Balaban J connectivity index is 2.19. The zero-order chi connectivity index (χ0) is 27.4. The van der Waals surface area contributed by atoms with Gasteiger partial charge < -0.3 is 20.3 Å². The molecule has 3 N–H and O–H groups in total. The molecule has 2 rings (SSSR count). The van der Waals surface area contributed by atoms with Gasteiger partial charge in [0.1, 0.15) is 12.3 Å². The lowest BCUT2D eigenvalue weighted by atomic mass is 9.79. The van der Waals surface area contributed by atoms with Gasteiger partial charge in [-0.05, 0) is 51.2 Å². The van der Waals surface area contributed by atoms with Crippen molar-refractivity contribution < 1.29 is 34.1 Å². The second kappa shape index (κ2) is 11.3. The highest BCUT2D eigenvalue weighted by molar-refractivity contribution is 6.06. The first-order chi connectivity index (χ1) is 16.5. The third-order valence-electron chi connectivity index (χ3n) is 6.01. The molecule has 0 bridgehead atoms. The lowest BCUT2D eigenvalue weighted by Gasteiger charge is -2.34. The second-order valence-electron chi connectivity index (χ2n) is 11.2. The van der Waals surface area contributed by atoms with E-state index in [1.54, 1.807) is 49.9 Å². The van der Waals surface area contributed by atoms with Crippen LogP contribution in [-0.4, -0.2) is 58.5 Å². The van der Waals surface area contributed by atoms with Gasteiger partial charge in [0.15, 0.2) is 0 Å². The smallest absolute Gasteiger partial charge is 0.407 e. The molecule has 1 aliphatic heterocycles. The molecule has 0 spiro atoms. The summed E-state index contributed by atoms with van der Waals surface area (Å²) in [6.07, 6.45) is -1.72. The summed E-state index contributed by atoms with van der Waals surface area (Å²) in [6, 6.07) is 6.33. The SMILES string of the molecule is CC(=O)N1CN(C(=O)CC(C)(C)C[C@H](NC(=O)OC(C)(C)C)[C@@H](O)C[C@@H](C)C(=O)O)c2ccccc21. The number of benzene rings is 1. The number of rotatable bonds is 9. The molecule has 3 amide bonds. The molecule has 10 heteroatoms. The molecular formula is C26H39N3O7. The number of fused-ring (bicyclic) bond motifs is 1. The van der Waals surface area contributed by atoms with Crippen LogP contribution in [0.2, 0.25) is 0 Å². The van der Waals surface area contributed by atoms with Gasteiger partial charge in [-0.25, -0.2) is 4.79 Å². The van der Waals surface area contributed by atoms with E-state index in [1.165, 1.54) is 18.7 Å². The van der Waals surface area contributed by atoms with Crippen molar-refractivity contribution in [2.75, 3.05) is 16.5 Å². The molecule has 0 fully saturated rings. The van der Waals surface area contributed by atoms with Crippen LogP contribution in [0.25, 0.3) is 0 Å². The number of carbonyl (C=O) groups is 4. The van der Waals surface area contributed by atoms with Gasteiger partial charge in [-0.2, -0.15) is 0 Å². The zero-order valence-corrected chi connectivity index (χ0v) is 22.2. The molecule has 0 radical (unpaired) electrons. The van der Waals surface area contributed by atoms with E-state index in [1.807, 2.05) is 13.8 Å². The third-order valence-corrected chi connectivity index (χ3v) is 6.01. The van der Waals surface area contributed by atoms with Crippen molar-refractivity contribution in [2.45, 2.75) is 85.5 Å². The highest BCUT2D eigenvalue weighted by atomic mass is 16.6. The molecule has 0 aliphatic carbocycles. The van der Waals surface area contributed by atoms with Crippen molar-refractivity contribution in [1.29, 1.82) is 0 Å². The number of hydrogen-bond donors (Lipinski definition) is 3. The Kier molecular flexibility index (Phi) is 9.12. The summed E-state index contributed by atoms with van der Waals surface area (Å²) in [5.41, 5.74) is -0.139. The van der Waals surface area contributed by atoms with Crippen molar-refractivity contribution in [2.24, 2.45) is 11.3 Å². The largest absolute Gasteiger partial charge is 0.481 e. The highest BCUT2D eigenvalue weighted by Crippen LogP contribution is 2.38. The number of hydrogen-bond acceptors (Lipinski definition) is 6. The summed E-state index contributed by atoms with van der Waals surface area (Å²) >= 11 is 0. The Morgan fingerprint density at radius 2 is 1.61 bits per heavy atom. The lowest BCUT2D eigenvalue weighted by Crippen LogP contribution is -2.49. The Bertz CT molecular complexity index is 986. The minimum absolute atomic E-state index is 0.0702. The van der Waals surface area contributed by atoms with Gasteiger partial charge in [-0.3, -0.25) is 24.2 Å². The number of aliphatic hydroxyl groups is 1. The fourth-order valence-electron chi connectivity index (χ4n) is 4.24. The number of carboxylic acid groups (broad SMARTS) is 1. The van der Waals surface area contributed by atoms with Gasteiger partial charge in [0, 0.05) is 13.3 Å². The van der Waals surface area contributed by atoms with Crippen molar-refractivity contribution in [3.8, 4) is 0 Å². The van der Waals surface area contributed by atoms with Crippen molar-refractivity contribution >= 4 is 35.3 Å². The average Bonchev–Trinajstić information content (AvgIpc) is 3.11. The molecule has 1 aromatic rings. The number of carboxylic acids is 1. The number of alkyl carbamates (subject to hydrolysis) is 1. The minimum atomic E-state index is -1.17. The Morgan fingerprint density at radius 1 is 1.06 bits per heavy atom. The molecule has 1 heterocycles. The van der Waals surface area contributed by atoms with Crippen molar-refractivity contribution in [1.82, 2.24) is 5.32 Å². The summed E-state index contributed by atoms with van der Waals surface area (Å²) < 4.78 is 5.33. The van der Waals surface area contributed by atoms with Crippen LogP contribution in [0.1, 0.15) is 67.7 Å². The zero-order valence-electron chi connectivity index (χ0n) is 22.2. The van der Waals surface area contributed by atoms with E-state index in [0.29, 0.717) is 11.4 Å². The average molecular weight is 506 g/mol.